The van der Waals surface area contributed by atoms with Crippen LogP contribution in [0.3, 0.4) is 0 Å². The number of rotatable bonds is 3. The molecule has 0 saturated carbocycles. The molecule has 1 saturated heterocycles. The van der Waals surface area contributed by atoms with Crippen LogP contribution in [0.2, 0.25) is 0 Å². The minimum atomic E-state index is -0.442. The standard InChI is InChI=1S/C15H11N3O4S/c1-8-6-9(18(20)21)2-4-11(8)13-5-3-10(22-13)7-12-14(19)17-15(23)16-12/h2-7H,1H3,(H2,16,17,19,23)/b12-7+. The number of furan rings is 1. The maximum Gasteiger partial charge on any atom is 0.274 e. The molecule has 0 unspecified atom stereocenters. The number of aryl methyl sites for hydroxylation is 1. The van der Waals surface area contributed by atoms with Gasteiger partial charge < -0.3 is 9.73 Å². The quantitative estimate of drug-likeness (QED) is 0.389. The Hall–Kier alpha value is -3.00. The van der Waals surface area contributed by atoms with Gasteiger partial charge in [0.1, 0.15) is 17.2 Å². The minimum absolute atomic E-state index is 0.0282. The fourth-order valence-corrected chi connectivity index (χ4v) is 2.44. The molecule has 23 heavy (non-hydrogen) atoms. The van der Waals surface area contributed by atoms with E-state index in [0.29, 0.717) is 17.2 Å². The van der Waals surface area contributed by atoms with E-state index in [-0.39, 0.29) is 16.7 Å². The monoisotopic (exact) mass is 329 g/mol. The van der Waals surface area contributed by atoms with Gasteiger partial charge in [0.2, 0.25) is 0 Å². The number of carbonyl (C=O) groups excluding carboxylic acids is 1. The van der Waals surface area contributed by atoms with Crippen LogP contribution in [0.1, 0.15) is 11.3 Å². The fraction of sp³-hybridized carbons (Fsp3) is 0.0667. The molecule has 7 nitrogen and oxygen atoms in total. The third-order valence-electron chi connectivity index (χ3n) is 3.32. The number of hydrogen-bond donors (Lipinski definition) is 2. The molecule has 1 aliphatic heterocycles. The van der Waals surface area contributed by atoms with Crippen LogP contribution in [0.15, 0.2) is 40.4 Å². The first kappa shape index (κ1) is 14.9. The number of nitrogens with zero attached hydrogens (tertiary/aromatic N) is 1. The first-order valence-corrected chi connectivity index (χ1v) is 7.04. The van der Waals surface area contributed by atoms with E-state index in [1.165, 1.54) is 12.1 Å². The molecule has 1 aromatic carbocycles. The number of nitro benzene ring substituents is 1. The molecule has 0 aliphatic carbocycles. The summed E-state index contributed by atoms with van der Waals surface area (Å²) in [5.74, 6) is 0.713. The summed E-state index contributed by atoms with van der Waals surface area (Å²) < 4.78 is 5.69. The van der Waals surface area contributed by atoms with Gasteiger partial charge in [0.15, 0.2) is 5.11 Å². The Morgan fingerprint density at radius 2 is 2.04 bits per heavy atom. The van der Waals surface area contributed by atoms with Crippen molar-refractivity contribution in [1.29, 1.82) is 0 Å². The van der Waals surface area contributed by atoms with E-state index in [4.69, 9.17) is 16.6 Å². The van der Waals surface area contributed by atoms with Gasteiger partial charge >= 0.3 is 0 Å². The molecule has 8 heteroatoms. The zero-order valence-corrected chi connectivity index (χ0v) is 12.8. The fourth-order valence-electron chi connectivity index (χ4n) is 2.24. The highest BCUT2D eigenvalue weighted by Gasteiger charge is 2.20. The van der Waals surface area contributed by atoms with Crippen molar-refractivity contribution in [2.45, 2.75) is 6.92 Å². The van der Waals surface area contributed by atoms with Crippen molar-refractivity contribution < 1.29 is 14.1 Å². The first-order chi connectivity index (χ1) is 10.9. The molecule has 0 radical (unpaired) electrons. The average molecular weight is 329 g/mol. The number of nitro groups is 1. The van der Waals surface area contributed by atoms with Gasteiger partial charge in [-0.3, -0.25) is 20.2 Å². The predicted octanol–water partition coefficient (Wildman–Crippen LogP) is 2.51. The number of carbonyl (C=O) groups is 1. The Balaban J connectivity index is 1.91. The second-order valence-corrected chi connectivity index (χ2v) is 5.33. The minimum Gasteiger partial charge on any atom is -0.457 e. The SMILES string of the molecule is Cc1cc([N+](=O)[O-])ccc1-c1ccc(/C=C2/NC(=S)NC2=O)o1. The Morgan fingerprint density at radius 1 is 1.26 bits per heavy atom. The second kappa shape index (κ2) is 5.65. The summed E-state index contributed by atoms with van der Waals surface area (Å²) in [6.45, 7) is 1.77. The molecule has 1 fully saturated rings. The number of hydrogen-bond acceptors (Lipinski definition) is 5. The molecule has 2 N–H and O–H groups in total. The van der Waals surface area contributed by atoms with Gasteiger partial charge in [-0.25, -0.2) is 0 Å². The lowest BCUT2D eigenvalue weighted by Gasteiger charge is -2.02. The molecule has 0 spiro atoms. The van der Waals surface area contributed by atoms with Crippen LogP contribution in [0.25, 0.3) is 17.4 Å². The number of amides is 1. The largest absolute Gasteiger partial charge is 0.457 e. The summed E-state index contributed by atoms with van der Waals surface area (Å²) >= 11 is 4.85. The highest BCUT2D eigenvalue weighted by Crippen LogP contribution is 2.29. The topological polar surface area (TPSA) is 97.4 Å². The molecular formula is C15H11N3O4S. The maximum atomic E-state index is 11.6. The molecule has 2 aromatic rings. The Kier molecular flexibility index (Phi) is 3.67. The zero-order chi connectivity index (χ0) is 16.6. The Morgan fingerprint density at radius 3 is 2.65 bits per heavy atom. The van der Waals surface area contributed by atoms with Gasteiger partial charge in [0.25, 0.3) is 11.6 Å². The zero-order valence-electron chi connectivity index (χ0n) is 12.0. The normalized spacial score (nSPS) is 15.6. The molecule has 1 amide bonds. The number of nitrogens with one attached hydrogen (secondary N) is 2. The third-order valence-corrected chi connectivity index (χ3v) is 3.52. The predicted molar refractivity (Wildman–Crippen MR) is 87.4 cm³/mol. The van der Waals surface area contributed by atoms with Crippen molar-refractivity contribution in [2.75, 3.05) is 0 Å². The lowest BCUT2D eigenvalue weighted by Crippen LogP contribution is -2.21. The van der Waals surface area contributed by atoms with Crippen LogP contribution in [-0.2, 0) is 4.79 Å². The van der Waals surface area contributed by atoms with E-state index in [9.17, 15) is 14.9 Å². The van der Waals surface area contributed by atoms with E-state index in [1.54, 1.807) is 31.2 Å². The lowest BCUT2D eigenvalue weighted by molar-refractivity contribution is -0.384. The van der Waals surface area contributed by atoms with Crippen molar-refractivity contribution in [3.8, 4) is 11.3 Å². The van der Waals surface area contributed by atoms with E-state index in [2.05, 4.69) is 10.6 Å². The van der Waals surface area contributed by atoms with Gasteiger partial charge in [-0.05, 0) is 42.9 Å². The molecular weight excluding hydrogens is 318 g/mol. The smallest absolute Gasteiger partial charge is 0.274 e. The summed E-state index contributed by atoms with van der Waals surface area (Å²) in [6, 6.07) is 8.00. The maximum absolute atomic E-state index is 11.6. The van der Waals surface area contributed by atoms with Crippen LogP contribution in [0, 0.1) is 17.0 Å². The highest BCUT2D eigenvalue weighted by molar-refractivity contribution is 7.80. The summed E-state index contributed by atoms with van der Waals surface area (Å²) in [7, 11) is 0. The molecule has 0 bridgehead atoms. The van der Waals surface area contributed by atoms with Crippen molar-refractivity contribution >= 4 is 35.0 Å². The van der Waals surface area contributed by atoms with Gasteiger partial charge in [0, 0.05) is 23.8 Å². The number of thiocarbonyl (C=S) groups is 1. The van der Waals surface area contributed by atoms with Crippen LogP contribution in [0.4, 0.5) is 5.69 Å². The van der Waals surface area contributed by atoms with Crippen LogP contribution >= 0.6 is 12.2 Å². The first-order valence-electron chi connectivity index (χ1n) is 6.63. The summed E-state index contributed by atoms with van der Waals surface area (Å²) in [4.78, 5) is 21.9. The molecule has 2 heterocycles. The van der Waals surface area contributed by atoms with Crippen molar-refractivity contribution in [3.63, 3.8) is 0 Å². The van der Waals surface area contributed by atoms with Crippen LogP contribution in [-0.4, -0.2) is 15.9 Å². The highest BCUT2D eigenvalue weighted by atomic mass is 32.1. The molecule has 116 valence electrons. The third kappa shape index (κ3) is 2.97. The van der Waals surface area contributed by atoms with E-state index >= 15 is 0 Å². The van der Waals surface area contributed by atoms with Crippen LogP contribution in [0.5, 0.6) is 0 Å². The van der Waals surface area contributed by atoms with E-state index < -0.39 is 4.92 Å². The number of non-ortho nitro benzene ring substituents is 1. The van der Waals surface area contributed by atoms with Gasteiger partial charge in [-0.15, -0.1) is 0 Å². The van der Waals surface area contributed by atoms with Crippen molar-refractivity contribution in [1.82, 2.24) is 10.6 Å². The number of benzene rings is 1. The summed E-state index contributed by atoms with van der Waals surface area (Å²) in [5, 5.41) is 16.2. The summed E-state index contributed by atoms with van der Waals surface area (Å²) in [5.41, 5.74) is 1.81. The van der Waals surface area contributed by atoms with E-state index in [1.807, 2.05) is 0 Å². The molecule has 1 aliphatic rings. The van der Waals surface area contributed by atoms with Crippen LogP contribution < -0.4 is 10.6 Å². The molecule has 1 aromatic heterocycles. The molecule has 3 rings (SSSR count). The Labute approximate surface area is 136 Å². The van der Waals surface area contributed by atoms with Crippen molar-refractivity contribution in [3.05, 3.63) is 57.5 Å². The average Bonchev–Trinajstić information content (AvgIpc) is 3.06. The lowest BCUT2D eigenvalue weighted by atomic mass is 10.1. The van der Waals surface area contributed by atoms with Gasteiger partial charge in [-0.1, -0.05) is 0 Å². The second-order valence-electron chi connectivity index (χ2n) is 4.92. The Bertz CT molecular complexity index is 869. The van der Waals surface area contributed by atoms with Gasteiger partial charge in [-0.2, -0.15) is 0 Å². The van der Waals surface area contributed by atoms with Crippen molar-refractivity contribution in [2.24, 2.45) is 0 Å². The summed E-state index contributed by atoms with van der Waals surface area (Å²) in [6.07, 6.45) is 1.54. The van der Waals surface area contributed by atoms with E-state index in [0.717, 1.165) is 11.1 Å². The molecule has 0 atom stereocenters. The van der Waals surface area contributed by atoms with Gasteiger partial charge in [0.05, 0.1) is 4.92 Å².